The average Bonchev–Trinajstić information content (AvgIpc) is 3.42. The number of likely N-dealkylation sites (tertiary alicyclic amines) is 1. The molecule has 4 bridgehead atoms. The third kappa shape index (κ3) is 3.99. The van der Waals surface area contributed by atoms with Crippen LogP contribution in [-0.2, 0) is 19.6 Å². The molecular weight excluding hydrogens is 438 g/mol. The van der Waals surface area contributed by atoms with Crippen LogP contribution in [0.5, 0.6) is 0 Å². The molecule has 1 saturated heterocycles. The van der Waals surface area contributed by atoms with E-state index in [-0.39, 0.29) is 28.2 Å². The van der Waals surface area contributed by atoms with Crippen LogP contribution < -0.4 is 10.0 Å². The first kappa shape index (κ1) is 21.6. The first-order valence-corrected chi connectivity index (χ1v) is 14.0. The van der Waals surface area contributed by atoms with Crippen molar-refractivity contribution in [3.05, 3.63) is 24.3 Å². The summed E-state index contributed by atoms with van der Waals surface area (Å²) in [5.41, 5.74) is 0.202. The Kier molecular flexibility index (Phi) is 5.11. The van der Waals surface area contributed by atoms with Crippen molar-refractivity contribution >= 4 is 27.5 Å². The van der Waals surface area contributed by atoms with Crippen LogP contribution in [0.2, 0.25) is 0 Å². The maximum absolute atomic E-state index is 13.8. The van der Waals surface area contributed by atoms with Crippen LogP contribution in [0.25, 0.3) is 0 Å². The molecule has 1 atom stereocenters. The van der Waals surface area contributed by atoms with Crippen molar-refractivity contribution in [3.8, 4) is 0 Å². The summed E-state index contributed by atoms with van der Waals surface area (Å²) in [7, 11) is -3.59. The zero-order chi connectivity index (χ0) is 22.8. The van der Waals surface area contributed by atoms with Crippen molar-refractivity contribution in [2.75, 3.05) is 11.9 Å². The number of carbonyl (C=O) groups excluding carboxylic acids is 2. The molecule has 5 saturated carbocycles. The lowest BCUT2D eigenvalue weighted by Gasteiger charge is -2.56. The Balaban J connectivity index is 1.17. The molecule has 0 aromatic heterocycles. The second kappa shape index (κ2) is 7.80. The number of amides is 2. The average molecular weight is 472 g/mol. The fraction of sp³-hybridized carbons (Fsp3) is 0.680. The molecular formula is C25H33N3O4S. The Morgan fingerprint density at radius 3 is 2.27 bits per heavy atom. The van der Waals surface area contributed by atoms with Crippen LogP contribution in [0.4, 0.5) is 5.69 Å². The van der Waals surface area contributed by atoms with Gasteiger partial charge in [-0.15, -0.1) is 0 Å². The summed E-state index contributed by atoms with van der Waals surface area (Å²) in [4.78, 5) is 29.1. The number of nitrogens with zero attached hydrogens (tertiary/aromatic N) is 1. The number of carbonyl (C=O) groups is 2. The Bertz CT molecular complexity index is 1050. The van der Waals surface area contributed by atoms with Gasteiger partial charge in [-0.25, -0.2) is 13.1 Å². The van der Waals surface area contributed by atoms with Gasteiger partial charge in [-0.3, -0.25) is 9.59 Å². The van der Waals surface area contributed by atoms with Crippen molar-refractivity contribution in [2.24, 2.45) is 23.2 Å². The zero-order valence-electron chi connectivity index (χ0n) is 19.0. The third-order valence-corrected chi connectivity index (χ3v) is 10.1. The summed E-state index contributed by atoms with van der Waals surface area (Å²) in [5.74, 6) is 2.04. The van der Waals surface area contributed by atoms with E-state index in [0.717, 1.165) is 38.5 Å². The van der Waals surface area contributed by atoms with Crippen molar-refractivity contribution in [3.63, 3.8) is 0 Å². The van der Waals surface area contributed by atoms with E-state index >= 15 is 0 Å². The smallest absolute Gasteiger partial charge is 0.247 e. The topological polar surface area (TPSA) is 95.6 Å². The minimum Gasteiger partial charge on any atom is -0.330 e. The minimum absolute atomic E-state index is 0.0240. The van der Waals surface area contributed by atoms with Crippen LogP contribution in [0.3, 0.4) is 0 Å². The molecule has 2 N–H and O–H groups in total. The number of anilines is 1. The molecule has 2 amide bonds. The second-order valence-electron chi connectivity index (χ2n) is 11.3. The molecule has 8 heteroatoms. The molecule has 7 rings (SSSR count). The highest BCUT2D eigenvalue weighted by Gasteiger charge is 2.56. The van der Waals surface area contributed by atoms with Gasteiger partial charge in [0, 0.05) is 18.3 Å². The van der Waals surface area contributed by atoms with Crippen LogP contribution >= 0.6 is 0 Å². The standard InChI is InChI=1S/C25H33N3O4S/c29-23(26-20-3-1-4-21(12-20)33(31,32)27-19-6-7-19)22-5-2-8-28(22)24(30)25-13-16-9-17(14-25)11-18(10-16)15-25/h1,3-4,12,16-19,22,27H,2,5-11,13-15H2,(H,26,29). The predicted octanol–water partition coefficient (Wildman–Crippen LogP) is 3.27. The third-order valence-electron chi connectivity index (χ3n) is 8.62. The maximum atomic E-state index is 13.8. The fourth-order valence-corrected chi connectivity index (χ4v) is 8.77. The summed E-state index contributed by atoms with van der Waals surface area (Å²) in [6.07, 6.45) is 10.1. The first-order chi connectivity index (χ1) is 15.8. The quantitative estimate of drug-likeness (QED) is 0.666. The summed E-state index contributed by atoms with van der Waals surface area (Å²) >= 11 is 0. The number of rotatable bonds is 6. The lowest BCUT2D eigenvalue weighted by molar-refractivity contribution is -0.160. The van der Waals surface area contributed by atoms with E-state index in [9.17, 15) is 18.0 Å². The Morgan fingerprint density at radius 2 is 1.64 bits per heavy atom. The fourth-order valence-electron chi connectivity index (χ4n) is 7.41. The van der Waals surface area contributed by atoms with E-state index in [4.69, 9.17) is 0 Å². The van der Waals surface area contributed by atoms with Gasteiger partial charge in [0.2, 0.25) is 21.8 Å². The highest BCUT2D eigenvalue weighted by molar-refractivity contribution is 7.89. The number of hydrogen-bond donors (Lipinski definition) is 2. The molecule has 1 aliphatic heterocycles. The van der Waals surface area contributed by atoms with Gasteiger partial charge in [0.15, 0.2) is 0 Å². The molecule has 1 aromatic carbocycles. The molecule has 7 nitrogen and oxygen atoms in total. The van der Waals surface area contributed by atoms with E-state index in [1.807, 2.05) is 4.90 Å². The summed E-state index contributed by atoms with van der Waals surface area (Å²) in [5, 5.41) is 2.90. The SMILES string of the molecule is O=C(Nc1cccc(S(=O)(=O)NC2CC2)c1)C1CCCN1C(=O)C12CC3CC(CC(C3)C1)C2. The van der Waals surface area contributed by atoms with Gasteiger partial charge < -0.3 is 10.2 Å². The number of hydrogen-bond acceptors (Lipinski definition) is 4. The van der Waals surface area contributed by atoms with Crippen molar-refractivity contribution in [1.82, 2.24) is 9.62 Å². The second-order valence-corrected chi connectivity index (χ2v) is 13.0. The first-order valence-electron chi connectivity index (χ1n) is 12.6. The van der Waals surface area contributed by atoms with E-state index in [1.54, 1.807) is 18.2 Å². The van der Waals surface area contributed by atoms with Gasteiger partial charge in [-0.1, -0.05) is 6.07 Å². The lowest BCUT2D eigenvalue weighted by Crippen LogP contribution is -2.56. The van der Waals surface area contributed by atoms with E-state index < -0.39 is 16.1 Å². The van der Waals surface area contributed by atoms with Gasteiger partial charge in [-0.05, 0) is 100 Å². The number of benzene rings is 1. The lowest BCUT2D eigenvalue weighted by atomic mass is 9.49. The molecule has 5 aliphatic carbocycles. The molecule has 1 unspecified atom stereocenters. The minimum atomic E-state index is -3.59. The highest BCUT2D eigenvalue weighted by atomic mass is 32.2. The van der Waals surface area contributed by atoms with Crippen LogP contribution in [-0.4, -0.2) is 43.8 Å². The molecule has 6 aliphatic rings. The van der Waals surface area contributed by atoms with Gasteiger partial charge >= 0.3 is 0 Å². The molecule has 0 radical (unpaired) electrons. The monoisotopic (exact) mass is 471 g/mol. The van der Waals surface area contributed by atoms with E-state index in [0.29, 0.717) is 36.4 Å². The van der Waals surface area contributed by atoms with Crippen molar-refractivity contribution in [2.45, 2.75) is 81.2 Å². The van der Waals surface area contributed by atoms with Crippen LogP contribution in [0.15, 0.2) is 29.2 Å². The Labute approximate surface area is 195 Å². The summed E-state index contributed by atoms with van der Waals surface area (Å²) in [6.45, 7) is 0.637. The molecule has 1 heterocycles. The highest BCUT2D eigenvalue weighted by Crippen LogP contribution is 2.60. The molecule has 1 aromatic rings. The van der Waals surface area contributed by atoms with Gasteiger partial charge in [0.25, 0.3) is 0 Å². The molecule has 6 fully saturated rings. The number of nitrogens with one attached hydrogen (secondary N) is 2. The molecule has 178 valence electrons. The maximum Gasteiger partial charge on any atom is 0.247 e. The Morgan fingerprint density at radius 1 is 0.970 bits per heavy atom. The number of sulfonamides is 1. The Hall–Kier alpha value is -1.93. The summed E-state index contributed by atoms with van der Waals surface area (Å²) < 4.78 is 27.8. The van der Waals surface area contributed by atoms with Crippen LogP contribution in [0, 0.1) is 23.2 Å². The molecule has 0 spiro atoms. The van der Waals surface area contributed by atoms with Gasteiger partial charge in [0.05, 0.1) is 10.3 Å². The van der Waals surface area contributed by atoms with Crippen LogP contribution in [0.1, 0.15) is 64.2 Å². The predicted molar refractivity (Wildman–Crippen MR) is 124 cm³/mol. The van der Waals surface area contributed by atoms with Gasteiger partial charge in [-0.2, -0.15) is 0 Å². The van der Waals surface area contributed by atoms with E-state index in [2.05, 4.69) is 10.0 Å². The van der Waals surface area contributed by atoms with E-state index in [1.165, 1.54) is 25.3 Å². The zero-order valence-corrected chi connectivity index (χ0v) is 19.8. The largest absolute Gasteiger partial charge is 0.330 e. The van der Waals surface area contributed by atoms with Crippen molar-refractivity contribution in [1.29, 1.82) is 0 Å². The normalized spacial score (nSPS) is 35.1. The van der Waals surface area contributed by atoms with Crippen molar-refractivity contribution < 1.29 is 18.0 Å². The van der Waals surface area contributed by atoms with Gasteiger partial charge in [0.1, 0.15) is 6.04 Å². The molecule has 33 heavy (non-hydrogen) atoms. The summed E-state index contributed by atoms with van der Waals surface area (Å²) in [6, 6.07) is 5.94.